The highest BCUT2D eigenvalue weighted by molar-refractivity contribution is 7.99. The molecule has 0 saturated heterocycles. The highest BCUT2D eigenvalue weighted by Crippen LogP contribution is 2.34. The average Bonchev–Trinajstić information content (AvgIpc) is 2.77. The van der Waals surface area contributed by atoms with Gasteiger partial charge in [0.1, 0.15) is 0 Å². The molecule has 0 radical (unpaired) electrons. The molecule has 2 aromatic carbocycles. The van der Waals surface area contributed by atoms with Gasteiger partial charge in [0, 0.05) is 21.5 Å². The molecule has 0 amide bonds. The van der Waals surface area contributed by atoms with Gasteiger partial charge in [-0.15, -0.1) is 0 Å². The van der Waals surface area contributed by atoms with E-state index in [0.717, 1.165) is 26.7 Å². The third-order valence-electron chi connectivity index (χ3n) is 3.01. The zero-order valence-corrected chi connectivity index (χ0v) is 10.9. The Balaban J connectivity index is 1.99. The van der Waals surface area contributed by atoms with Crippen LogP contribution in [0.25, 0.3) is 10.9 Å². The molecule has 0 aliphatic carbocycles. The zero-order valence-electron chi connectivity index (χ0n) is 10.1. The fourth-order valence-electron chi connectivity index (χ4n) is 1.96. The van der Waals surface area contributed by atoms with Crippen molar-refractivity contribution in [3.8, 4) is 0 Å². The van der Waals surface area contributed by atoms with Crippen LogP contribution in [0, 0.1) is 6.92 Å². The van der Waals surface area contributed by atoms with E-state index in [1.807, 2.05) is 31.2 Å². The summed E-state index contributed by atoms with van der Waals surface area (Å²) < 4.78 is 0. The van der Waals surface area contributed by atoms with E-state index in [-0.39, 0.29) is 0 Å². The quantitative estimate of drug-likeness (QED) is 0.673. The lowest BCUT2D eigenvalue weighted by molar-refractivity contribution is 1.23. The molecule has 0 atom stereocenters. The number of hydrogen-bond donors (Lipinski definition) is 2. The van der Waals surface area contributed by atoms with Crippen molar-refractivity contribution in [2.24, 2.45) is 0 Å². The molecule has 2 nitrogen and oxygen atoms in total. The predicted molar refractivity (Wildman–Crippen MR) is 78.0 cm³/mol. The number of nitrogens with two attached hydrogens (primary N) is 1. The van der Waals surface area contributed by atoms with Crippen LogP contribution in [-0.4, -0.2) is 4.98 Å². The van der Waals surface area contributed by atoms with E-state index in [1.54, 1.807) is 11.8 Å². The topological polar surface area (TPSA) is 41.8 Å². The number of benzene rings is 2. The summed E-state index contributed by atoms with van der Waals surface area (Å²) in [6.07, 6.45) is 0. The molecule has 18 heavy (non-hydrogen) atoms. The second-order valence-electron chi connectivity index (χ2n) is 4.31. The first kappa shape index (κ1) is 11.2. The molecule has 3 N–H and O–H groups in total. The Hall–Kier alpha value is -1.87. The number of rotatable bonds is 2. The fourth-order valence-corrected chi connectivity index (χ4v) is 2.96. The van der Waals surface area contributed by atoms with Crippen LogP contribution in [0.5, 0.6) is 0 Å². The minimum atomic E-state index is 0.862. The van der Waals surface area contributed by atoms with E-state index in [0.29, 0.717) is 0 Å². The number of aromatic amines is 1. The number of para-hydroxylation sites is 2. The Labute approximate surface area is 110 Å². The molecule has 90 valence electrons. The van der Waals surface area contributed by atoms with Gasteiger partial charge in [0.25, 0.3) is 0 Å². The first-order valence-corrected chi connectivity index (χ1v) is 6.66. The molecule has 0 aliphatic rings. The number of hydrogen-bond acceptors (Lipinski definition) is 2. The second kappa shape index (κ2) is 4.42. The van der Waals surface area contributed by atoms with Gasteiger partial charge in [-0.2, -0.15) is 0 Å². The maximum atomic E-state index is 6.09. The van der Waals surface area contributed by atoms with Crippen molar-refractivity contribution < 1.29 is 0 Å². The minimum Gasteiger partial charge on any atom is -0.398 e. The van der Waals surface area contributed by atoms with Gasteiger partial charge in [-0.3, -0.25) is 0 Å². The van der Waals surface area contributed by atoms with E-state index in [2.05, 4.69) is 29.2 Å². The van der Waals surface area contributed by atoms with Gasteiger partial charge in [0.2, 0.25) is 0 Å². The lowest BCUT2D eigenvalue weighted by atomic mass is 10.2. The summed E-state index contributed by atoms with van der Waals surface area (Å²) in [5, 5.41) is 2.35. The maximum Gasteiger partial charge on any atom is 0.0781 e. The molecular formula is C15H14N2S. The van der Waals surface area contributed by atoms with Crippen molar-refractivity contribution in [1.29, 1.82) is 0 Å². The van der Waals surface area contributed by atoms with Crippen molar-refractivity contribution in [2.75, 3.05) is 5.73 Å². The average molecular weight is 254 g/mol. The van der Waals surface area contributed by atoms with Crippen LogP contribution in [0.1, 0.15) is 5.56 Å². The van der Waals surface area contributed by atoms with Gasteiger partial charge in [-0.1, -0.05) is 42.1 Å². The molecule has 3 heteroatoms. The Morgan fingerprint density at radius 3 is 2.72 bits per heavy atom. The summed E-state index contributed by atoms with van der Waals surface area (Å²) in [6.45, 7) is 2.03. The zero-order chi connectivity index (χ0) is 12.5. The van der Waals surface area contributed by atoms with Crippen molar-refractivity contribution in [3.05, 3.63) is 54.1 Å². The van der Waals surface area contributed by atoms with Gasteiger partial charge >= 0.3 is 0 Å². The van der Waals surface area contributed by atoms with Crippen LogP contribution in [-0.2, 0) is 0 Å². The first-order valence-electron chi connectivity index (χ1n) is 5.85. The van der Waals surface area contributed by atoms with Crippen LogP contribution < -0.4 is 5.73 Å². The van der Waals surface area contributed by atoms with Crippen molar-refractivity contribution in [1.82, 2.24) is 4.98 Å². The molecule has 0 fully saturated rings. The van der Waals surface area contributed by atoms with Crippen LogP contribution >= 0.6 is 11.8 Å². The first-order chi connectivity index (χ1) is 8.74. The normalized spacial score (nSPS) is 10.9. The van der Waals surface area contributed by atoms with Crippen molar-refractivity contribution >= 4 is 28.4 Å². The monoisotopic (exact) mass is 254 g/mol. The van der Waals surface area contributed by atoms with Crippen LogP contribution in [0.3, 0.4) is 0 Å². The molecule has 3 aromatic rings. The summed E-state index contributed by atoms with van der Waals surface area (Å²) >= 11 is 1.67. The summed E-state index contributed by atoms with van der Waals surface area (Å²) in [7, 11) is 0. The maximum absolute atomic E-state index is 6.09. The third kappa shape index (κ3) is 1.97. The number of H-pyrrole nitrogens is 1. The van der Waals surface area contributed by atoms with Crippen LogP contribution in [0.4, 0.5) is 5.69 Å². The molecule has 0 unspecified atom stereocenters. The Kier molecular flexibility index (Phi) is 2.76. The van der Waals surface area contributed by atoms with Gasteiger partial charge in [-0.05, 0) is 30.7 Å². The van der Waals surface area contributed by atoms with E-state index in [4.69, 9.17) is 5.73 Å². The Bertz CT molecular complexity index is 668. The summed E-state index contributed by atoms with van der Waals surface area (Å²) in [6, 6.07) is 16.6. The number of nitrogen functional groups attached to an aromatic ring is 1. The smallest absolute Gasteiger partial charge is 0.0781 e. The number of fused-ring (bicyclic) bond motifs is 1. The SMILES string of the molecule is Cc1cccc(Sc2cc3ccccc3[nH]2)c1N. The Morgan fingerprint density at radius 2 is 1.89 bits per heavy atom. The fraction of sp³-hybridized carbons (Fsp3) is 0.0667. The van der Waals surface area contributed by atoms with E-state index < -0.39 is 0 Å². The third-order valence-corrected chi connectivity index (χ3v) is 4.03. The van der Waals surface area contributed by atoms with E-state index in [9.17, 15) is 0 Å². The number of anilines is 1. The van der Waals surface area contributed by atoms with Gasteiger partial charge < -0.3 is 10.7 Å². The van der Waals surface area contributed by atoms with Crippen LogP contribution in [0.15, 0.2) is 58.5 Å². The highest BCUT2D eigenvalue weighted by Gasteiger charge is 2.06. The number of aromatic nitrogens is 1. The van der Waals surface area contributed by atoms with Gasteiger partial charge in [0.05, 0.1) is 5.03 Å². The summed E-state index contributed by atoms with van der Waals surface area (Å²) in [5.41, 5.74) is 9.23. The lowest BCUT2D eigenvalue weighted by Gasteiger charge is -2.06. The van der Waals surface area contributed by atoms with Crippen molar-refractivity contribution in [2.45, 2.75) is 16.8 Å². The molecular weight excluding hydrogens is 240 g/mol. The molecule has 3 rings (SSSR count). The van der Waals surface area contributed by atoms with Crippen LogP contribution in [0.2, 0.25) is 0 Å². The largest absolute Gasteiger partial charge is 0.398 e. The molecule has 1 aromatic heterocycles. The number of nitrogens with one attached hydrogen (secondary N) is 1. The Morgan fingerprint density at radius 1 is 1.06 bits per heavy atom. The highest BCUT2D eigenvalue weighted by atomic mass is 32.2. The molecule has 0 spiro atoms. The lowest BCUT2D eigenvalue weighted by Crippen LogP contribution is -1.91. The second-order valence-corrected chi connectivity index (χ2v) is 5.39. The number of aryl methyl sites for hydroxylation is 1. The van der Waals surface area contributed by atoms with Gasteiger partial charge in [-0.25, -0.2) is 0 Å². The molecule has 0 bridgehead atoms. The van der Waals surface area contributed by atoms with E-state index in [1.165, 1.54) is 5.39 Å². The molecule has 1 heterocycles. The summed E-state index contributed by atoms with van der Waals surface area (Å²) in [4.78, 5) is 4.50. The predicted octanol–water partition coefficient (Wildman–Crippen LogP) is 4.21. The minimum absolute atomic E-state index is 0.862. The van der Waals surface area contributed by atoms with Gasteiger partial charge in [0.15, 0.2) is 0 Å². The molecule has 0 aliphatic heterocycles. The van der Waals surface area contributed by atoms with Crippen molar-refractivity contribution in [3.63, 3.8) is 0 Å². The van der Waals surface area contributed by atoms with E-state index >= 15 is 0 Å². The standard InChI is InChI=1S/C15H14N2S/c1-10-5-4-8-13(15(10)16)18-14-9-11-6-2-3-7-12(11)17-14/h2-9,17H,16H2,1H3. The summed E-state index contributed by atoms with van der Waals surface area (Å²) in [5.74, 6) is 0. The molecule has 0 saturated carbocycles.